The number of carboxylic acid groups (broad SMARTS) is 1. The summed E-state index contributed by atoms with van der Waals surface area (Å²) in [4.78, 5) is 53.3. The minimum Gasteiger partial charge on any atom is -0.478 e. The van der Waals surface area contributed by atoms with Crippen molar-refractivity contribution >= 4 is 47.1 Å². The van der Waals surface area contributed by atoms with Crippen molar-refractivity contribution in [1.29, 1.82) is 0 Å². The highest BCUT2D eigenvalue weighted by atomic mass is 35.5. The molecule has 0 saturated carbocycles. The number of fused-ring (bicyclic) bond motifs is 1. The van der Waals surface area contributed by atoms with Crippen molar-refractivity contribution in [3.05, 3.63) is 106 Å². The van der Waals surface area contributed by atoms with Crippen LogP contribution in [-0.2, 0) is 20.7 Å². The molecule has 12 nitrogen and oxygen atoms in total. The number of hydrogen-bond donors (Lipinski definition) is 2. The van der Waals surface area contributed by atoms with Crippen LogP contribution in [0.2, 0.25) is 5.02 Å². The van der Waals surface area contributed by atoms with Gasteiger partial charge in [-0.3, -0.25) is 9.59 Å². The van der Waals surface area contributed by atoms with E-state index in [4.69, 9.17) is 16.3 Å². The Hall–Kier alpha value is -5.36. The smallest absolute Gasteiger partial charge is 0.338 e. The molecule has 0 spiro atoms. The SMILES string of the molecule is CC(C)(C)OC(=O)c1ccc(NC(=O)C2c3cccc(C(=O)O)c3CCN2C(=O)/C=C/c2cc(Cl)ccc2-n2cnnn2)cc1. The molecule has 2 N–H and O–H groups in total. The predicted molar refractivity (Wildman–Crippen MR) is 165 cm³/mol. The van der Waals surface area contributed by atoms with Crippen LogP contribution in [0, 0.1) is 0 Å². The summed E-state index contributed by atoms with van der Waals surface area (Å²) in [5.74, 6) is -2.67. The molecule has 13 heteroatoms. The largest absolute Gasteiger partial charge is 0.478 e. The van der Waals surface area contributed by atoms with Gasteiger partial charge >= 0.3 is 11.9 Å². The second kappa shape index (κ2) is 12.7. The predicted octanol–water partition coefficient (Wildman–Crippen LogP) is 4.75. The molecule has 230 valence electrons. The average molecular weight is 629 g/mol. The minimum absolute atomic E-state index is 0.0691. The molecule has 5 rings (SSSR count). The maximum absolute atomic E-state index is 13.9. The lowest BCUT2D eigenvalue weighted by atomic mass is 9.88. The van der Waals surface area contributed by atoms with Gasteiger partial charge in [0.05, 0.1) is 16.8 Å². The molecule has 0 radical (unpaired) electrons. The van der Waals surface area contributed by atoms with E-state index in [0.717, 1.165) is 0 Å². The number of carbonyl (C=O) groups excluding carboxylic acids is 3. The van der Waals surface area contributed by atoms with E-state index in [1.165, 1.54) is 40.2 Å². The molecule has 4 aromatic rings. The number of halogens is 1. The first kappa shape index (κ1) is 31.1. The highest BCUT2D eigenvalue weighted by Gasteiger charge is 2.37. The van der Waals surface area contributed by atoms with Crippen molar-refractivity contribution in [3.8, 4) is 5.69 Å². The average Bonchev–Trinajstić information content (AvgIpc) is 3.53. The fourth-order valence-corrected chi connectivity index (χ4v) is 5.20. The molecule has 2 heterocycles. The van der Waals surface area contributed by atoms with Gasteiger partial charge in [-0.15, -0.1) is 5.10 Å². The third-order valence-corrected chi connectivity index (χ3v) is 7.20. The van der Waals surface area contributed by atoms with Gasteiger partial charge in [0, 0.05) is 28.9 Å². The van der Waals surface area contributed by atoms with Crippen LogP contribution in [0.1, 0.15) is 64.2 Å². The molecule has 1 atom stereocenters. The van der Waals surface area contributed by atoms with Crippen LogP contribution in [0.5, 0.6) is 0 Å². The van der Waals surface area contributed by atoms with Crippen molar-refractivity contribution in [1.82, 2.24) is 25.1 Å². The number of amides is 2. The van der Waals surface area contributed by atoms with Crippen LogP contribution in [0.25, 0.3) is 11.8 Å². The van der Waals surface area contributed by atoms with Crippen LogP contribution in [-0.4, -0.2) is 66.1 Å². The second-order valence-electron chi connectivity index (χ2n) is 11.2. The van der Waals surface area contributed by atoms with Crippen LogP contribution < -0.4 is 5.32 Å². The number of nitrogens with one attached hydrogen (secondary N) is 1. The molecule has 0 aliphatic carbocycles. The topological polar surface area (TPSA) is 157 Å². The van der Waals surface area contributed by atoms with Crippen molar-refractivity contribution in [3.63, 3.8) is 0 Å². The number of esters is 1. The van der Waals surface area contributed by atoms with E-state index < -0.39 is 35.4 Å². The zero-order valence-electron chi connectivity index (χ0n) is 24.6. The lowest BCUT2D eigenvalue weighted by molar-refractivity contribution is -0.135. The first-order chi connectivity index (χ1) is 21.4. The number of rotatable bonds is 7. The molecule has 0 bridgehead atoms. The normalized spacial score (nSPS) is 14.6. The molecule has 1 aliphatic heterocycles. The molecule has 1 aliphatic rings. The summed E-state index contributed by atoms with van der Waals surface area (Å²) in [6.07, 6.45) is 4.52. The maximum Gasteiger partial charge on any atom is 0.338 e. The van der Waals surface area contributed by atoms with Gasteiger partial charge in [-0.1, -0.05) is 23.7 Å². The zero-order valence-corrected chi connectivity index (χ0v) is 25.4. The van der Waals surface area contributed by atoms with Gasteiger partial charge in [0.1, 0.15) is 18.0 Å². The fraction of sp³-hybridized carbons (Fsp3) is 0.219. The number of aromatic carboxylic acids is 1. The summed E-state index contributed by atoms with van der Waals surface area (Å²) < 4.78 is 6.82. The molecule has 0 saturated heterocycles. The lowest BCUT2D eigenvalue weighted by Gasteiger charge is -2.36. The van der Waals surface area contributed by atoms with Crippen LogP contribution in [0.4, 0.5) is 5.69 Å². The van der Waals surface area contributed by atoms with Gasteiger partial charge in [0.15, 0.2) is 0 Å². The Kier molecular flexibility index (Phi) is 8.77. The van der Waals surface area contributed by atoms with Crippen LogP contribution in [0.15, 0.2) is 73.1 Å². The number of benzene rings is 3. The van der Waals surface area contributed by atoms with Crippen molar-refractivity contribution < 1.29 is 29.0 Å². The Balaban J connectivity index is 1.45. The van der Waals surface area contributed by atoms with Gasteiger partial charge in [0.2, 0.25) is 5.91 Å². The molecule has 1 aromatic heterocycles. The number of nitrogens with zero attached hydrogens (tertiary/aromatic N) is 5. The fourth-order valence-electron chi connectivity index (χ4n) is 5.02. The van der Waals surface area contributed by atoms with E-state index in [2.05, 4.69) is 20.8 Å². The first-order valence-electron chi connectivity index (χ1n) is 13.9. The molecular weight excluding hydrogens is 600 g/mol. The van der Waals surface area contributed by atoms with Crippen molar-refractivity contribution in [2.24, 2.45) is 0 Å². The minimum atomic E-state index is -1.14. The standard InChI is InChI=1S/C32H29ClN6O6/c1-32(2,3)45-31(44)19-7-11-22(12-8-19)35-29(41)28-24-5-4-6-25(30(42)43)23(24)15-16-38(28)27(40)14-9-20-17-21(33)10-13-26(20)39-18-34-36-37-39/h4-14,17-18,28H,15-16H2,1-3H3,(H,35,41)(H,42,43)/b14-9+. The van der Waals surface area contributed by atoms with Gasteiger partial charge < -0.3 is 20.1 Å². The zero-order chi connectivity index (χ0) is 32.3. The number of tetrazole rings is 1. The number of aromatic nitrogens is 4. The van der Waals surface area contributed by atoms with E-state index in [0.29, 0.717) is 38.7 Å². The maximum atomic E-state index is 13.9. The second-order valence-corrected chi connectivity index (χ2v) is 11.7. The molecule has 1 unspecified atom stereocenters. The van der Waals surface area contributed by atoms with E-state index in [-0.39, 0.29) is 18.5 Å². The van der Waals surface area contributed by atoms with Crippen molar-refractivity contribution in [2.45, 2.75) is 38.8 Å². The van der Waals surface area contributed by atoms with Gasteiger partial charge in [-0.25, -0.2) is 9.59 Å². The van der Waals surface area contributed by atoms with Gasteiger partial charge in [0.25, 0.3) is 5.91 Å². The van der Waals surface area contributed by atoms with Gasteiger partial charge in [-0.2, -0.15) is 4.68 Å². The monoisotopic (exact) mass is 628 g/mol. The molecular formula is C32H29ClN6O6. The summed E-state index contributed by atoms with van der Waals surface area (Å²) in [7, 11) is 0. The Morgan fingerprint density at radius 1 is 1.07 bits per heavy atom. The molecule has 45 heavy (non-hydrogen) atoms. The van der Waals surface area contributed by atoms with E-state index in [1.54, 1.807) is 69.3 Å². The van der Waals surface area contributed by atoms with E-state index in [1.807, 2.05) is 0 Å². The van der Waals surface area contributed by atoms with E-state index >= 15 is 0 Å². The van der Waals surface area contributed by atoms with Crippen LogP contribution >= 0.6 is 11.6 Å². The van der Waals surface area contributed by atoms with Crippen molar-refractivity contribution in [2.75, 3.05) is 11.9 Å². The Labute approximate surface area is 263 Å². The molecule has 0 fully saturated rings. The third kappa shape index (κ3) is 7.07. The Morgan fingerprint density at radius 3 is 2.49 bits per heavy atom. The Bertz CT molecular complexity index is 1800. The summed E-state index contributed by atoms with van der Waals surface area (Å²) in [5, 5.41) is 24.3. The summed E-state index contributed by atoms with van der Waals surface area (Å²) in [6.45, 7) is 5.39. The Morgan fingerprint density at radius 2 is 1.82 bits per heavy atom. The third-order valence-electron chi connectivity index (χ3n) is 6.96. The highest BCUT2D eigenvalue weighted by molar-refractivity contribution is 6.30. The van der Waals surface area contributed by atoms with Gasteiger partial charge in [-0.05, 0) is 103 Å². The number of carboxylic acids is 1. The lowest BCUT2D eigenvalue weighted by Crippen LogP contribution is -2.45. The molecule has 2 amide bonds. The number of ether oxygens (including phenoxy) is 1. The number of anilines is 1. The van der Waals surface area contributed by atoms with Crippen LogP contribution in [0.3, 0.4) is 0 Å². The quantitative estimate of drug-likeness (QED) is 0.218. The number of carbonyl (C=O) groups is 4. The summed E-state index contributed by atoms with van der Waals surface area (Å²) >= 11 is 6.22. The summed E-state index contributed by atoms with van der Waals surface area (Å²) in [6, 6.07) is 14.7. The highest BCUT2D eigenvalue weighted by Crippen LogP contribution is 2.34. The first-order valence-corrected chi connectivity index (χ1v) is 14.3. The summed E-state index contributed by atoms with van der Waals surface area (Å²) in [5.41, 5.74) is 2.10. The molecule has 3 aromatic carbocycles. The van der Waals surface area contributed by atoms with E-state index in [9.17, 15) is 24.3 Å². The number of hydrogen-bond acceptors (Lipinski definition) is 8.